The molecule has 1 N–H and O–H groups in total. The van der Waals surface area contributed by atoms with Gasteiger partial charge in [0, 0.05) is 37.4 Å². The maximum absolute atomic E-state index is 13.0. The smallest absolute Gasteiger partial charge is 0.253 e. The molecule has 2 aliphatic rings. The summed E-state index contributed by atoms with van der Waals surface area (Å²) in [5.41, 5.74) is 1.38. The van der Waals surface area contributed by atoms with Crippen molar-refractivity contribution in [3.63, 3.8) is 0 Å². The lowest BCUT2D eigenvalue weighted by molar-refractivity contribution is 0.0689. The van der Waals surface area contributed by atoms with E-state index in [1.807, 2.05) is 34.0 Å². The summed E-state index contributed by atoms with van der Waals surface area (Å²) >= 11 is 0. The van der Waals surface area contributed by atoms with Crippen molar-refractivity contribution in [2.24, 2.45) is 0 Å². The number of benzene rings is 1. The van der Waals surface area contributed by atoms with Crippen molar-refractivity contribution in [3.05, 3.63) is 41.7 Å². The highest BCUT2D eigenvalue weighted by molar-refractivity contribution is 5.95. The minimum atomic E-state index is -1.000. The van der Waals surface area contributed by atoms with Crippen LogP contribution in [0.5, 0.6) is 0 Å². The SMILES string of the molecule is CC(C)(O)c1cn(C2CCN(C(=O)c3cccc(N4CCOCC4)c3)CC2)nn1. The summed E-state index contributed by atoms with van der Waals surface area (Å²) in [5.74, 6) is 0.0781. The van der Waals surface area contributed by atoms with Gasteiger partial charge in [0.15, 0.2) is 0 Å². The lowest BCUT2D eigenvalue weighted by Crippen LogP contribution is -2.39. The zero-order valence-electron chi connectivity index (χ0n) is 17.1. The van der Waals surface area contributed by atoms with Crippen molar-refractivity contribution < 1.29 is 14.6 Å². The summed E-state index contributed by atoms with van der Waals surface area (Å²) < 4.78 is 7.25. The fourth-order valence-corrected chi connectivity index (χ4v) is 3.91. The molecule has 4 rings (SSSR count). The molecule has 0 spiro atoms. The Balaban J connectivity index is 1.38. The lowest BCUT2D eigenvalue weighted by atomic mass is 10.0. The first kappa shape index (κ1) is 19.8. The fraction of sp³-hybridized carbons (Fsp3) is 0.571. The maximum Gasteiger partial charge on any atom is 0.253 e. The number of ether oxygens (including phenoxy) is 1. The van der Waals surface area contributed by atoms with Crippen LogP contribution in [0.3, 0.4) is 0 Å². The van der Waals surface area contributed by atoms with E-state index in [1.54, 1.807) is 13.8 Å². The molecular weight excluding hydrogens is 370 g/mol. The number of carbonyl (C=O) groups excluding carboxylic acids is 1. The van der Waals surface area contributed by atoms with Gasteiger partial charge in [0.1, 0.15) is 11.3 Å². The van der Waals surface area contributed by atoms with Crippen LogP contribution < -0.4 is 4.90 Å². The molecule has 0 saturated carbocycles. The minimum absolute atomic E-state index is 0.0781. The summed E-state index contributed by atoms with van der Waals surface area (Å²) in [4.78, 5) is 17.2. The Morgan fingerprint density at radius 1 is 1.17 bits per heavy atom. The topological polar surface area (TPSA) is 83.7 Å². The van der Waals surface area contributed by atoms with E-state index >= 15 is 0 Å². The van der Waals surface area contributed by atoms with Crippen LogP contribution in [0.15, 0.2) is 30.5 Å². The quantitative estimate of drug-likeness (QED) is 0.844. The number of aliphatic hydroxyl groups is 1. The van der Waals surface area contributed by atoms with Crippen molar-refractivity contribution in [3.8, 4) is 0 Å². The van der Waals surface area contributed by atoms with Gasteiger partial charge in [-0.15, -0.1) is 5.10 Å². The molecule has 8 nitrogen and oxygen atoms in total. The molecule has 0 atom stereocenters. The van der Waals surface area contributed by atoms with Crippen LogP contribution in [-0.4, -0.2) is 70.3 Å². The van der Waals surface area contributed by atoms with E-state index in [-0.39, 0.29) is 11.9 Å². The van der Waals surface area contributed by atoms with Gasteiger partial charge in [0.25, 0.3) is 5.91 Å². The average molecular weight is 399 g/mol. The first-order chi connectivity index (χ1) is 13.9. The van der Waals surface area contributed by atoms with Crippen LogP contribution in [0.1, 0.15) is 48.8 Å². The van der Waals surface area contributed by atoms with Crippen molar-refractivity contribution in [2.75, 3.05) is 44.3 Å². The van der Waals surface area contributed by atoms with E-state index in [0.29, 0.717) is 18.8 Å². The van der Waals surface area contributed by atoms with Crippen LogP contribution in [0.4, 0.5) is 5.69 Å². The second-order valence-corrected chi connectivity index (χ2v) is 8.32. The molecule has 2 aromatic rings. The van der Waals surface area contributed by atoms with Gasteiger partial charge < -0.3 is 19.6 Å². The van der Waals surface area contributed by atoms with Crippen LogP contribution in [0, 0.1) is 0 Å². The molecule has 3 heterocycles. The lowest BCUT2D eigenvalue weighted by Gasteiger charge is -2.32. The Hall–Kier alpha value is -2.45. The number of morpholine rings is 1. The number of likely N-dealkylation sites (tertiary alicyclic amines) is 1. The number of anilines is 1. The molecule has 1 aromatic heterocycles. The third-order valence-corrected chi connectivity index (χ3v) is 5.73. The summed E-state index contributed by atoms with van der Waals surface area (Å²) in [7, 11) is 0. The van der Waals surface area contributed by atoms with Crippen LogP contribution in [0.2, 0.25) is 0 Å². The Labute approximate surface area is 171 Å². The summed E-state index contributed by atoms with van der Waals surface area (Å²) in [6.07, 6.45) is 3.46. The predicted octanol–water partition coefficient (Wildman–Crippen LogP) is 1.82. The molecule has 29 heavy (non-hydrogen) atoms. The van der Waals surface area contributed by atoms with Gasteiger partial charge in [-0.2, -0.15) is 0 Å². The molecular formula is C21H29N5O3. The number of piperidine rings is 1. The monoisotopic (exact) mass is 399 g/mol. The van der Waals surface area contributed by atoms with Gasteiger partial charge in [0.05, 0.1) is 25.5 Å². The highest BCUT2D eigenvalue weighted by atomic mass is 16.5. The second-order valence-electron chi connectivity index (χ2n) is 8.32. The van der Waals surface area contributed by atoms with Gasteiger partial charge in [-0.3, -0.25) is 4.79 Å². The first-order valence-corrected chi connectivity index (χ1v) is 10.3. The van der Waals surface area contributed by atoms with Crippen molar-refractivity contribution in [1.82, 2.24) is 19.9 Å². The molecule has 8 heteroatoms. The van der Waals surface area contributed by atoms with Crippen molar-refractivity contribution >= 4 is 11.6 Å². The molecule has 2 saturated heterocycles. The Kier molecular flexibility index (Phi) is 5.56. The van der Waals surface area contributed by atoms with E-state index in [4.69, 9.17) is 4.74 Å². The van der Waals surface area contributed by atoms with E-state index in [9.17, 15) is 9.90 Å². The Bertz CT molecular complexity index is 846. The Morgan fingerprint density at radius 3 is 2.55 bits per heavy atom. The summed E-state index contributed by atoms with van der Waals surface area (Å²) in [6, 6.07) is 8.10. The first-order valence-electron chi connectivity index (χ1n) is 10.3. The number of carbonyl (C=O) groups is 1. The van der Waals surface area contributed by atoms with Gasteiger partial charge in [0.2, 0.25) is 0 Å². The second kappa shape index (κ2) is 8.12. The molecule has 0 radical (unpaired) electrons. The van der Waals surface area contributed by atoms with Crippen molar-refractivity contribution in [2.45, 2.75) is 38.3 Å². The molecule has 2 fully saturated rings. The van der Waals surface area contributed by atoms with Gasteiger partial charge >= 0.3 is 0 Å². The van der Waals surface area contributed by atoms with Gasteiger partial charge in [-0.25, -0.2) is 4.68 Å². The molecule has 1 amide bonds. The molecule has 0 bridgehead atoms. The third-order valence-electron chi connectivity index (χ3n) is 5.73. The Morgan fingerprint density at radius 2 is 1.90 bits per heavy atom. The number of aromatic nitrogens is 3. The highest BCUT2D eigenvalue weighted by Gasteiger charge is 2.27. The molecule has 0 aliphatic carbocycles. The van der Waals surface area contributed by atoms with Crippen LogP contribution in [-0.2, 0) is 10.3 Å². The van der Waals surface area contributed by atoms with E-state index in [2.05, 4.69) is 21.3 Å². The number of hydrogen-bond donors (Lipinski definition) is 1. The van der Waals surface area contributed by atoms with Gasteiger partial charge in [-0.05, 0) is 44.9 Å². The van der Waals surface area contributed by atoms with Crippen molar-refractivity contribution in [1.29, 1.82) is 0 Å². The number of hydrogen-bond acceptors (Lipinski definition) is 6. The van der Waals surface area contributed by atoms with E-state index in [1.165, 1.54) is 0 Å². The number of nitrogens with zero attached hydrogens (tertiary/aromatic N) is 5. The zero-order valence-corrected chi connectivity index (χ0v) is 17.1. The standard InChI is InChI=1S/C21H29N5O3/c1-21(2,28)19-15-26(23-22-19)17-6-8-25(9-7-17)20(27)16-4-3-5-18(14-16)24-10-12-29-13-11-24/h3-5,14-15,17,28H,6-13H2,1-2H3. The molecule has 2 aliphatic heterocycles. The van der Waals surface area contributed by atoms with Crippen LogP contribution >= 0.6 is 0 Å². The molecule has 0 unspecified atom stereocenters. The molecule has 156 valence electrons. The average Bonchev–Trinajstić information content (AvgIpc) is 3.25. The minimum Gasteiger partial charge on any atom is -0.384 e. The fourth-order valence-electron chi connectivity index (χ4n) is 3.91. The normalized spacial score (nSPS) is 18.9. The zero-order chi connectivity index (χ0) is 20.4. The van der Waals surface area contributed by atoms with E-state index < -0.39 is 5.60 Å². The van der Waals surface area contributed by atoms with Gasteiger partial charge in [-0.1, -0.05) is 11.3 Å². The summed E-state index contributed by atoms with van der Waals surface area (Å²) in [5, 5.41) is 18.4. The highest BCUT2D eigenvalue weighted by Crippen LogP contribution is 2.26. The predicted molar refractivity (Wildman–Crippen MR) is 109 cm³/mol. The maximum atomic E-state index is 13.0. The molecule has 1 aromatic carbocycles. The van der Waals surface area contributed by atoms with E-state index in [0.717, 1.165) is 50.4 Å². The number of amides is 1. The largest absolute Gasteiger partial charge is 0.384 e. The summed E-state index contributed by atoms with van der Waals surface area (Å²) in [6.45, 7) is 7.93. The van der Waals surface area contributed by atoms with Crippen LogP contribution in [0.25, 0.3) is 0 Å². The number of rotatable bonds is 4. The third kappa shape index (κ3) is 4.43.